The maximum absolute atomic E-state index is 12.0. The van der Waals surface area contributed by atoms with Gasteiger partial charge in [-0.25, -0.2) is 9.78 Å². The normalized spacial score (nSPS) is 12.0. The van der Waals surface area contributed by atoms with Crippen LogP contribution < -0.4 is 16.0 Å². The lowest BCUT2D eigenvalue weighted by molar-refractivity contribution is 0.0474. The van der Waals surface area contributed by atoms with Gasteiger partial charge in [0.2, 0.25) is 0 Å². The van der Waals surface area contributed by atoms with Gasteiger partial charge < -0.3 is 25.3 Å². The van der Waals surface area contributed by atoms with Crippen molar-refractivity contribution in [1.82, 2.24) is 25.5 Å². The molecule has 0 saturated heterocycles. The summed E-state index contributed by atoms with van der Waals surface area (Å²) in [5.41, 5.74) is 0.204. The number of guanidine groups is 1. The van der Waals surface area contributed by atoms with Crippen LogP contribution in [0.3, 0.4) is 0 Å². The quantitative estimate of drug-likeness (QED) is 0.263. The molecular weight excluding hydrogens is 519 g/mol. The van der Waals surface area contributed by atoms with Gasteiger partial charge in [-0.2, -0.15) is 0 Å². The molecule has 0 fully saturated rings. The van der Waals surface area contributed by atoms with E-state index >= 15 is 0 Å². The third kappa shape index (κ3) is 10.3. The van der Waals surface area contributed by atoms with Crippen LogP contribution in [-0.2, 0) is 17.7 Å². The van der Waals surface area contributed by atoms with Crippen molar-refractivity contribution in [3.05, 3.63) is 54.1 Å². The lowest BCUT2D eigenvalue weighted by atomic mass is 10.1. The van der Waals surface area contributed by atoms with E-state index in [4.69, 9.17) is 4.74 Å². The first-order valence-corrected chi connectivity index (χ1v) is 10.6. The predicted molar refractivity (Wildman–Crippen MR) is 140 cm³/mol. The Hall–Kier alpha value is -2.30. The molecule has 32 heavy (non-hydrogen) atoms. The van der Waals surface area contributed by atoms with Crippen molar-refractivity contribution in [2.24, 2.45) is 4.99 Å². The molecule has 178 valence electrons. The molecule has 3 N–H and O–H groups in total. The lowest BCUT2D eigenvalue weighted by Gasteiger charge is -2.29. The number of aliphatic imine (C=N–C) groups is 1. The van der Waals surface area contributed by atoms with E-state index in [9.17, 15) is 4.79 Å². The molecule has 2 aromatic rings. The standard InChI is InChI=1S/C23H36N6O2.HI/c1-22(2,3)31-21(30)28-23(4,5)17-27-20(24-6)26-13-12-19-25-14-15-29(19)16-18-10-8-7-9-11-18;/h7-11,14-15H,12-13,16-17H2,1-6H3,(H,28,30)(H2,24,26,27);1H. The Morgan fingerprint density at radius 2 is 1.81 bits per heavy atom. The molecule has 2 rings (SSSR count). The van der Waals surface area contributed by atoms with Gasteiger partial charge in [-0.1, -0.05) is 30.3 Å². The second-order valence-corrected chi connectivity index (χ2v) is 9.07. The van der Waals surface area contributed by atoms with Crippen LogP contribution in [0.1, 0.15) is 46.0 Å². The van der Waals surface area contributed by atoms with E-state index in [1.54, 1.807) is 7.05 Å². The molecule has 0 radical (unpaired) electrons. The highest BCUT2D eigenvalue weighted by atomic mass is 127. The summed E-state index contributed by atoms with van der Waals surface area (Å²) >= 11 is 0. The molecule has 0 atom stereocenters. The Morgan fingerprint density at radius 3 is 2.44 bits per heavy atom. The van der Waals surface area contributed by atoms with E-state index in [1.165, 1.54) is 5.56 Å². The molecule has 0 spiro atoms. The highest BCUT2D eigenvalue weighted by Crippen LogP contribution is 2.09. The summed E-state index contributed by atoms with van der Waals surface area (Å²) in [6.07, 6.45) is 4.16. The predicted octanol–water partition coefficient (Wildman–Crippen LogP) is 3.56. The summed E-state index contributed by atoms with van der Waals surface area (Å²) in [6.45, 7) is 11.4. The minimum absolute atomic E-state index is 0. The zero-order valence-corrected chi connectivity index (χ0v) is 22.3. The number of rotatable bonds is 8. The van der Waals surface area contributed by atoms with Gasteiger partial charge >= 0.3 is 6.09 Å². The zero-order chi connectivity index (χ0) is 22.9. The fraction of sp³-hybridized carbons (Fsp3) is 0.522. The number of nitrogens with one attached hydrogen (secondary N) is 3. The largest absolute Gasteiger partial charge is 0.444 e. The minimum atomic E-state index is -0.530. The maximum atomic E-state index is 12.0. The summed E-state index contributed by atoms with van der Waals surface area (Å²) in [4.78, 5) is 20.8. The van der Waals surface area contributed by atoms with Crippen LogP contribution in [0.25, 0.3) is 0 Å². The fourth-order valence-corrected chi connectivity index (χ4v) is 2.93. The number of carbonyl (C=O) groups is 1. The second-order valence-electron chi connectivity index (χ2n) is 9.07. The van der Waals surface area contributed by atoms with Gasteiger partial charge in [-0.05, 0) is 40.2 Å². The van der Waals surface area contributed by atoms with Crippen molar-refractivity contribution in [2.45, 2.75) is 58.7 Å². The Morgan fingerprint density at radius 1 is 1.12 bits per heavy atom. The van der Waals surface area contributed by atoms with E-state index in [0.717, 1.165) is 18.8 Å². The van der Waals surface area contributed by atoms with Crippen LogP contribution in [0.5, 0.6) is 0 Å². The van der Waals surface area contributed by atoms with Crippen LogP contribution in [0, 0.1) is 0 Å². The van der Waals surface area contributed by atoms with E-state index < -0.39 is 17.2 Å². The average Bonchev–Trinajstić information content (AvgIpc) is 3.10. The topological polar surface area (TPSA) is 92.6 Å². The number of amides is 1. The number of halogens is 1. The monoisotopic (exact) mass is 556 g/mol. The number of alkyl carbamates (subject to hydrolysis) is 1. The van der Waals surface area contributed by atoms with Gasteiger partial charge in [0.1, 0.15) is 11.4 Å². The highest BCUT2D eigenvalue weighted by molar-refractivity contribution is 14.0. The van der Waals surface area contributed by atoms with Gasteiger partial charge in [0.05, 0.1) is 5.54 Å². The van der Waals surface area contributed by atoms with E-state index in [0.29, 0.717) is 19.0 Å². The Kier molecular flexibility index (Phi) is 11.0. The molecule has 9 heteroatoms. The van der Waals surface area contributed by atoms with Crippen molar-refractivity contribution in [3.63, 3.8) is 0 Å². The first-order chi connectivity index (χ1) is 14.6. The van der Waals surface area contributed by atoms with Gasteiger partial charge in [-0.15, -0.1) is 24.0 Å². The first-order valence-electron chi connectivity index (χ1n) is 10.6. The lowest BCUT2D eigenvalue weighted by Crippen LogP contribution is -2.54. The van der Waals surface area contributed by atoms with Crippen molar-refractivity contribution in [1.29, 1.82) is 0 Å². The van der Waals surface area contributed by atoms with E-state index in [1.807, 2.05) is 65.2 Å². The molecule has 0 aliphatic carbocycles. The number of hydrogen-bond donors (Lipinski definition) is 3. The zero-order valence-electron chi connectivity index (χ0n) is 19.9. The van der Waals surface area contributed by atoms with Gasteiger partial charge in [0, 0.05) is 45.5 Å². The van der Waals surface area contributed by atoms with Crippen molar-refractivity contribution in [3.8, 4) is 0 Å². The Labute approximate surface area is 208 Å². The van der Waals surface area contributed by atoms with Gasteiger partial charge in [0.15, 0.2) is 5.96 Å². The number of benzene rings is 1. The second kappa shape index (κ2) is 12.7. The van der Waals surface area contributed by atoms with Gasteiger partial charge in [0.25, 0.3) is 0 Å². The van der Waals surface area contributed by atoms with E-state index in [-0.39, 0.29) is 24.0 Å². The molecule has 1 aromatic carbocycles. The number of imidazole rings is 1. The summed E-state index contributed by atoms with van der Waals surface area (Å²) in [5, 5.41) is 9.44. The minimum Gasteiger partial charge on any atom is -0.444 e. The summed E-state index contributed by atoms with van der Waals surface area (Å²) in [6, 6.07) is 10.3. The molecule has 1 amide bonds. The molecule has 0 bridgehead atoms. The Bertz CT molecular complexity index is 859. The van der Waals surface area contributed by atoms with E-state index in [2.05, 4.69) is 42.6 Å². The summed E-state index contributed by atoms with van der Waals surface area (Å²) in [5.74, 6) is 1.68. The molecule has 1 aromatic heterocycles. The number of hydrogen-bond acceptors (Lipinski definition) is 4. The van der Waals surface area contributed by atoms with Gasteiger partial charge in [-0.3, -0.25) is 4.99 Å². The average molecular weight is 556 g/mol. The highest BCUT2D eigenvalue weighted by Gasteiger charge is 2.24. The molecule has 0 unspecified atom stereocenters. The molecule has 0 saturated carbocycles. The summed E-state index contributed by atoms with van der Waals surface area (Å²) < 4.78 is 7.49. The first kappa shape index (κ1) is 27.7. The van der Waals surface area contributed by atoms with Crippen molar-refractivity contribution in [2.75, 3.05) is 20.1 Å². The van der Waals surface area contributed by atoms with Crippen LogP contribution in [0.15, 0.2) is 47.7 Å². The third-order valence-electron chi connectivity index (χ3n) is 4.40. The SMILES string of the molecule is CN=C(NCCc1nccn1Cc1ccccc1)NCC(C)(C)NC(=O)OC(C)(C)C.I. The van der Waals surface area contributed by atoms with Crippen LogP contribution in [0.2, 0.25) is 0 Å². The molecule has 0 aliphatic heterocycles. The number of nitrogens with zero attached hydrogens (tertiary/aromatic N) is 3. The molecule has 0 aliphatic rings. The van der Waals surface area contributed by atoms with Crippen molar-refractivity contribution >= 4 is 36.0 Å². The number of ether oxygens (including phenoxy) is 1. The van der Waals surface area contributed by atoms with Crippen LogP contribution >= 0.6 is 24.0 Å². The molecule has 8 nitrogen and oxygen atoms in total. The third-order valence-corrected chi connectivity index (χ3v) is 4.40. The number of carbonyl (C=O) groups excluding carboxylic acids is 1. The molecular formula is C23H37IN6O2. The fourth-order valence-electron chi connectivity index (χ4n) is 2.93. The molecule has 1 heterocycles. The number of aromatic nitrogens is 2. The Balaban J connectivity index is 0.00000512. The van der Waals surface area contributed by atoms with Crippen LogP contribution in [-0.4, -0.2) is 52.9 Å². The van der Waals surface area contributed by atoms with Crippen molar-refractivity contribution < 1.29 is 9.53 Å². The summed E-state index contributed by atoms with van der Waals surface area (Å²) in [7, 11) is 1.72. The maximum Gasteiger partial charge on any atom is 0.408 e. The van der Waals surface area contributed by atoms with Crippen LogP contribution in [0.4, 0.5) is 4.79 Å². The smallest absolute Gasteiger partial charge is 0.408 e.